The Morgan fingerprint density at radius 3 is 2.55 bits per heavy atom. The summed E-state index contributed by atoms with van der Waals surface area (Å²) in [4.78, 5) is 20.7. The van der Waals surface area contributed by atoms with E-state index < -0.39 is 15.8 Å². The van der Waals surface area contributed by atoms with Crippen molar-refractivity contribution in [3.63, 3.8) is 0 Å². The Bertz CT molecular complexity index is 1250. The number of carbonyl (C=O) groups excluding carboxylic acids is 1. The minimum atomic E-state index is -3.89. The van der Waals surface area contributed by atoms with Gasteiger partial charge in [-0.25, -0.2) is 22.8 Å². The predicted molar refractivity (Wildman–Crippen MR) is 111 cm³/mol. The molecule has 0 radical (unpaired) electrons. The molecule has 0 fully saturated rings. The van der Waals surface area contributed by atoms with Gasteiger partial charge in [-0.3, -0.25) is 9.52 Å². The molecule has 4 aromatic rings. The molecule has 29 heavy (non-hydrogen) atoms. The number of nitrogens with one attached hydrogen (secondary N) is 2. The maximum absolute atomic E-state index is 13.0. The zero-order valence-corrected chi connectivity index (χ0v) is 17.1. The van der Waals surface area contributed by atoms with E-state index >= 15 is 0 Å². The Morgan fingerprint density at radius 1 is 1.03 bits per heavy atom. The van der Waals surface area contributed by atoms with E-state index in [1.54, 1.807) is 5.38 Å². The van der Waals surface area contributed by atoms with Gasteiger partial charge in [0.2, 0.25) is 5.91 Å². The van der Waals surface area contributed by atoms with Gasteiger partial charge in [-0.2, -0.15) is 0 Å². The molecule has 2 aromatic carbocycles. The van der Waals surface area contributed by atoms with Crippen molar-refractivity contribution >= 4 is 59.1 Å². The molecule has 0 aliphatic rings. The SMILES string of the molecule is O=C(Cc1csc(NS(=O)(=O)c2ccc(F)cc2)n1)Nc1nc2ccccc2s1. The monoisotopic (exact) mass is 448 g/mol. The fourth-order valence-electron chi connectivity index (χ4n) is 2.48. The van der Waals surface area contributed by atoms with Crippen molar-refractivity contribution in [1.29, 1.82) is 0 Å². The van der Waals surface area contributed by atoms with Crippen molar-refractivity contribution in [2.24, 2.45) is 0 Å². The number of rotatable bonds is 6. The molecule has 11 heteroatoms. The third kappa shape index (κ3) is 4.58. The van der Waals surface area contributed by atoms with Gasteiger partial charge in [0.15, 0.2) is 10.3 Å². The predicted octanol–water partition coefficient (Wildman–Crippen LogP) is 3.87. The molecule has 0 aliphatic heterocycles. The second-order valence-electron chi connectivity index (χ2n) is 5.92. The van der Waals surface area contributed by atoms with E-state index in [2.05, 4.69) is 20.0 Å². The Kier molecular flexibility index (Phi) is 5.26. The average Bonchev–Trinajstić information content (AvgIpc) is 3.27. The molecule has 2 heterocycles. The van der Waals surface area contributed by atoms with Gasteiger partial charge < -0.3 is 5.32 Å². The topological polar surface area (TPSA) is 101 Å². The van der Waals surface area contributed by atoms with Gasteiger partial charge >= 0.3 is 0 Å². The molecule has 0 bridgehead atoms. The van der Waals surface area contributed by atoms with Crippen LogP contribution in [0.1, 0.15) is 5.69 Å². The molecule has 2 aromatic heterocycles. The third-order valence-electron chi connectivity index (χ3n) is 3.78. The molecule has 0 aliphatic carbocycles. The summed E-state index contributed by atoms with van der Waals surface area (Å²) in [6.07, 6.45) is -0.0231. The van der Waals surface area contributed by atoms with Crippen LogP contribution >= 0.6 is 22.7 Å². The number of aromatic nitrogens is 2. The summed E-state index contributed by atoms with van der Waals surface area (Å²) in [5.41, 5.74) is 1.23. The van der Waals surface area contributed by atoms with Gasteiger partial charge in [0.1, 0.15) is 5.82 Å². The summed E-state index contributed by atoms with van der Waals surface area (Å²) in [6, 6.07) is 12.0. The molecule has 0 saturated carbocycles. The second kappa shape index (κ2) is 7.85. The highest BCUT2D eigenvalue weighted by molar-refractivity contribution is 7.93. The molecule has 1 amide bonds. The van der Waals surface area contributed by atoms with Crippen molar-refractivity contribution in [2.45, 2.75) is 11.3 Å². The van der Waals surface area contributed by atoms with Gasteiger partial charge in [0.25, 0.3) is 10.0 Å². The third-order valence-corrected chi connectivity index (χ3v) is 7.02. The highest BCUT2D eigenvalue weighted by atomic mass is 32.2. The zero-order chi connectivity index (χ0) is 20.4. The fourth-order valence-corrected chi connectivity index (χ4v) is 5.32. The fraction of sp³-hybridized carbons (Fsp3) is 0.0556. The first-order valence-electron chi connectivity index (χ1n) is 8.27. The molecule has 7 nitrogen and oxygen atoms in total. The minimum Gasteiger partial charge on any atom is -0.302 e. The number of fused-ring (bicyclic) bond motifs is 1. The number of hydrogen-bond acceptors (Lipinski definition) is 7. The van der Waals surface area contributed by atoms with Crippen LogP contribution in [-0.2, 0) is 21.2 Å². The van der Waals surface area contributed by atoms with Crippen molar-refractivity contribution in [1.82, 2.24) is 9.97 Å². The highest BCUT2D eigenvalue weighted by Crippen LogP contribution is 2.26. The van der Waals surface area contributed by atoms with E-state index in [0.717, 1.165) is 45.8 Å². The van der Waals surface area contributed by atoms with Gasteiger partial charge in [0.05, 0.1) is 27.2 Å². The summed E-state index contributed by atoms with van der Waals surface area (Å²) in [6.45, 7) is 0. The zero-order valence-electron chi connectivity index (χ0n) is 14.6. The molecule has 2 N–H and O–H groups in total. The van der Waals surface area contributed by atoms with E-state index in [0.29, 0.717) is 10.8 Å². The standard InChI is InChI=1S/C18H13FN4O3S3/c19-11-5-7-13(8-6-11)29(25,26)23-18-20-12(10-27-18)9-16(24)22-17-21-14-3-1-2-4-15(14)28-17/h1-8,10H,9H2,(H,20,23)(H,21,22,24). The summed E-state index contributed by atoms with van der Waals surface area (Å²) in [5, 5.41) is 4.94. The average molecular weight is 449 g/mol. The molecule has 0 saturated heterocycles. The smallest absolute Gasteiger partial charge is 0.263 e. The van der Waals surface area contributed by atoms with Gasteiger partial charge in [-0.05, 0) is 36.4 Å². The van der Waals surface area contributed by atoms with E-state index in [4.69, 9.17) is 0 Å². The summed E-state index contributed by atoms with van der Waals surface area (Å²) in [5.74, 6) is -0.832. The molecule has 0 spiro atoms. The second-order valence-corrected chi connectivity index (χ2v) is 9.49. The van der Waals surface area contributed by atoms with Crippen LogP contribution < -0.4 is 10.0 Å². The van der Waals surface area contributed by atoms with Crippen LogP contribution in [0.5, 0.6) is 0 Å². The molecule has 148 valence electrons. The number of benzene rings is 2. The van der Waals surface area contributed by atoms with E-state index in [1.807, 2.05) is 24.3 Å². The lowest BCUT2D eigenvalue weighted by Gasteiger charge is -2.04. The van der Waals surface area contributed by atoms with Crippen LogP contribution in [0.25, 0.3) is 10.2 Å². The van der Waals surface area contributed by atoms with E-state index in [9.17, 15) is 17.6 Å². The van der Waals surface area contributed by atoms with Crippen LogP contribution in [-0.4, -0.2) is 24.3 Å². The first-order chi connectivity index (χ1) is 13.9. The summed E-state index contributed by atoms with van der Waals surface area (Å²) >= 11 is 2.43. The quantitative estimate of drug-likeness (QED) is 0.466. The molecule has 4 rings (SSSR count). The first kappa shape index (κ1) is 19.4. The van der Waals surface area contributed by atoms with Crippen LogP contribution in [0.4, 0.5) is 14.7 Å². The molecular formula is C18H13FN4O3S3. The number of thiazole rings is 2. The number of amides is 1. The maximum atomic E-state index is 13.0. The number of carbonyl (C=O) groups is 1. The van der Waals surface area contributed by atoms with Crippen molar-refractivity contribution in [3.05, 3.63) is 65.4 Å². The number of para-hydroxylation sites is 1. The Balaban J connectivity index is 1.40. The molecular weight excluding hydrogens is 435 g/mol. The largest absolute Gasteiger partial charge is 0.302 e. The number of nitrogens with zero attached hydrogens (tertiary/aromatic N) is 2. The van der Waals surface area contributed by atoms with Gasteiger partial charge in [-0.1, -0.05) is 23.5 Å². The Labute approximate surface area is 173 Å². The van der Waals surface area contributed by atoms with Crippen molar-refractivity contribution in [2.75, 3.05) is 10.0 Å². The number of halogens is 1. The first-order valence-corrected chi connectivity index (χ1v) is 11.5. The van der Waals surface area contributed by atoms with Crippen LogP contribution in [0.2, 0.25) is 0 Å². The van der Waals surface area contributed by atoms with Gasteiger partial charge in [-0.15, -0.1) is 11.3 Å². The van der Waals surface area contributed by atoms with Crippen LogP contribution in [0, 0.1) is 5.82 Å². The van der Waals surface area contributed by atoms with Crippen LogP contribution in [0.15, 0.2) is 58.8 Å². The lowest BCUT2D eigenvalue weighted by atomic mass is 10.3. The molecule has 0 unspecified atom stereocenters. The van der Waals surface area contributed by atoms with Crippen molar-refractivity contribution in [3.8, 4) is 0 Å². The minimum absolute atomic E-state index is 0.0231. The molecule has 0 atom stereocenters. The maximum Gasteiger partial charge on any atom is 0.263 e. The van der Waals surface area contributed by atoms with E-state index in [1.165, 1.54) is 11.3 Å². The number of hydrogen-bond donors (Lipinski definition) is 2. The number of sulfonamides is 1. The Hall–Kier alpha value is -2.89. The Morgan fingerprint density at radius 2 is 1.79 bits per heavy atom. The lowest BCUT2D eigenvalue weighted by molar-refractivity contribution is -0.115. The van der Waals surface area contributed by atoms with Crippen LogP contribution in [0.3, 0.4) is 0 Å². The summed E-state index contributed by atoms with van der Waals surface area (Å²) in [7, 11) is -3.89. The van der Waals surface area contributed by atoms with Crippen molar-refractivity contribution < 1.29 is 17.6 Å². The highest BCUT2D eigenvalue weighted by Gasteiger charge is 2.17. The number of anilines is 2. The lowest BCUT2D eigenvalue weighted by Crippen LogP contribution is -2.15. The van der Waals surface area contributed by atoms with Gasteiger partial charge in [0, 0.05) is 5.38 Å². The normalized spacial score (nSPS) is 11.5. The summed E-state index contributed by atoms with van der Waals surface area (Å²) < 4.78 is 40.9. The van der Waals surface area contributed by atoms with E-state index in [-0.39, 0.29) is 22.4 Å².